The molecular weight excluding hydrogens is 369 g/mol. The van der Waals surface area contributed by atoms with Crippen LogP contribution < -0.4 is 5.32 Å². The summed E-state index contributed by atoms with van der Waals surface area (Å²) in [4.78, 5) is 3.87. The molecule has 0 aliphatic carbocycles. The zero-order valence-electron chi connectivity index (χ0n) is 14.9. The van der Waals surface area contributed by atoms with E-state index in [1.54, 1.807) is 19.2 Å². The van der Waals surface area contributed by atoms with Crippen LogP contribution in [0.4, 0.5) is 4.39 Å². The Kier molecular flexibility index (Phi) is 5.41. The van der Waals surface area contributed by atoms with E-state index in [4.69, 9.17) is 0 Å². The van der Waals surface area contributed by atoms with Crippen molar-refractivity contribution in [2.45, 2.75) is 24.5 Å². The summed E-state index contributed by atoms with van der Waals surface area (Å²) in [6.45, 7) is 1.88. The van der Waals surface area contributed by atoms with Gasteiger partial charge in [-0.1, -0.05) is 12.1 Å². The lowest BCUT2D eigenvalue weighted by molar-refractivity contribution is 0.194. The molecule has 0 aliphatic rings. The Morgan fingerprint density at radius 1 is 1.30 bits per heavy atom. The molecule has 3 aromatic rings. The molecule has 1 aromatic carbocycles. The molecule has 0 bridgehead atoms. The number of nitrogens with one attached hydrogen (secondary N) is 1. The number of aromatic nitrogens is 2. The molecule has 3 rings (SSSR count). The van der Waals surface area contributed by atoms with Gasteiger partial charge in [-0.2, -0.15) is 0 Å². The molecule has 2 aromatic heterocycles. The van der Waals surface area contributed by atoms with E-state index in [1.807, 2.05) is 0 Å². The van der Waals surface area contributed by atoms with Crippen LogP contribution in [0.15, 0.2) is 59.9 Å². The molecule has 0 amide bonds. The van der Waals surface area contributed by atoms with Crippen LogP contribution in [-0.2, 0) is 16.6 Å². The van der Waals surface area contributed by atoms with Crippen LogP contribution in [-0.4, -0.2) is 29.5 Å². The molecule has 1 unspecified atom stereocenters. The van der Waals surface area contributed by atoms with Gasteiger partial charge < -0.3 is 10.4 Å². The summed E-state index contributed by atoms with van der Waals surface area (Å²) in [5, 5.41) is 12.7. The van der Waals surface area contributed by atoms with Crippen LogP contribution >= 0.6 is 0 Å². The maximum Gasteiger partial charge on any atom is 0.269 e. The van der Waals surface area contributed by atoms with Gasteiger partial charge in [-0.05, 0) is 43.8 Å². The molecule has 27 heavy (non-hydrogen) atoms. The molecular formula is C19H20FN3O3S. The highest BCUT2D eigenvalue weighted by Crippen LogP contribution is 2.31. The molecule has 142 valence electrons. The molecule has 6 nitrogen and oxygen atoms in total. The molecule has 0 fully saturated rings. The van der Waals surface area contributed by atoms with E-state index in [1.165, 1.54) is 49.8 Å². The van der Waals surface area contributed by atoms with E-state index in [2.05, 4.69) is 10.3 Å². The van der Waals surface area contributed by atoms with Crippen LogP contribution in [0.1, 0.15) is 24.2 Å². The topological polar surface area (TPSA) is 84.2 Å². The van der Waals surface area contributed by atoms with Crippen molar-refractivity contribution in [3.63, 3.8) is 0 Å². The van der Waals surface area contributed by atoms with Crippen molar-refractivity contribution < 1.29 is 17.9 Å². The summed E-state index contributed by atoms with van der Waals surface area (Å²) in [6, 6.07) is 9.14. The van der Waals surface area contributed by atoms with Gasteiger partial charge in [0.25, 0.3) is 10.0 Å². The van der Waals surface area contributed by atoms with E-state index in [9.17, 15) is 17.9 Å². The second kappa shape index (κ2) is 7.59. The summed E-state index contributed by atoms with van der Waals surface area (Å²) in [5.74, 6) is -0.649. The SMILES string of the molecule is CNCc1cc(-c2cccc(C(C)O)c2F)n(S(=O)(=O)c2cccnc2)c1. The molecule has 0 saturated heterocycles. The number of nitrogens with zero attached hydrogens (tertiary/aromatic N) is 2. The highest BCUT2D eigenvalue weighted by molar-refractivity contribution is 7.90. The second-order valence-electron chi connectivity index (χ2n) is 6.14. The standard InChI is InChI=1S/C19H20FN3O3S/c1-13(24)16-6-3-7-17(19(16)20)18-9-14(10-21-2)12-23(18)27(25,26)15-5-4-8-22-11-15/h3-9,11-13,21,24H,10H2,1-2H3. The zero-order chi connectivity index (χ0) is 19.6. The lowest BCUT2D eigenvalue weighted by atomic mass is 10.0. The highest BCUT2D eigenvalue weighted by atomic mass is 32.2. The third-order valence-corrected chi connectivity index (χ3v) is 5.83. The summed E-state index contributed by atoms with van der Waals surface area (Å²) in [5.41, 5.74) is 1.07. The maximum absolute atomic E-state index is 15.0. The number of hydrogen-bond donors (Lipinski definition) is 2. The summed E-state index contributed by atoms with van der Waals surface area (Å²) in [6.07, 6.45) is 3.18. The molecule has 0 radical (unpaired) electrons. The smallest absolute Gasteiger partial charge is 0.269 e. The van der Waals surface area contributed by atoms with E-state index >= 15 is 0 Å². The number of pyridine rings is 1. The summed E-state index contributed by atoms with van der Waals surface area (Å²) < 4.78 is 42.2. The Labute approximate surface area is 157 Å². The highest BCUT2D eigenvalue weighted by Gasteiger charge is 2.24. The minimum absolute atomic E-state index is 0.00458. The average Bonchev–Trinajstić information content (AvgIpc) is 3.07. The Balaban J connectivity index is 2.25. The number of benzene rings is 1. The predicted octanol–water partition coefficient (Wildman–Crippen LogP) is 2.70. The molecule has 0 saturated carbocycles. The molecule has 0 aliphatic heterocycles. The summed E-state index contributed by atoms with van der Waals surface area (Å²) >= 11 is 0. The molecule has 2 N–H and O–H groups in total. The molecule has 2 heterocycles. The predicted molar refractivity (Wildman–Crippen MR) is 100 cm³/mol. The van der Waals surface area contributed by atoms with Gasteiger partial charge in [0.15, 0.2) is 0 Å². The number of aliphatic hydroxyl groups excluding tert-OH is 1. The third kappa shape index (κ3) is 3.64. The largest absolute Gasteiger partial charge is 0.389 e. The van der Waals surface area contributed by atoms with Gasteiger partial charge in [-0.15, -0.1) is 0 Å². The van der Waals surface area contributed by atoms with E-state index in [0.29, 0.717) is 12.1 Å². The minimum Gasteiger partial charge on any atom is -0.389 e. The first-order valence-electron chi connectivity index (χ1n) is 8.34. The normalized spacial score (nSPS) is 12.9. The average molecular weight is 389 g/mol. The monoisotopic (exact) mass is 389 g/mol. The van der Waals surface area contributed by atoms with Crippen LogP contribution in [0.2, 0.25) is 0 Å². The lowest BCUT2D eigenvalue weighted by Gasteiger charge is -2.13. The van der Waals surface area contributed by atoms with Crippen molar-refractivity contribution in [3.05, 3.63) is 71.9 Å². The van der Waals surface area contributed by atoms with Crippen molar-refractivity contribution in [1.29, 1.82) is 0 Å². The zero-order valence-corrected chi connectivity index (χ0v) is 15.7. The fourth-order valence-corrected chi connectivity index (χ4v) is 4.23. The Morgan fingerprint density at radius 2 is 2.07 bits per heavy atom. The quantitative estimate of drug-likeness (QED) is 0.677. The van der Waals surface area contributed by atoms with E-state index < -0.39 is 21.9 Å². The van der Waals surface area contributed by atoms with Crippen LogP contribution in [0, 0.1) is 5.82 Å². The van der Waals surface area contributed by atoms with Gasteiger partial charge in [0, 0.05) is 36.3 Å². The van der Waals surface area contributed by atoms with Gasteiger partial charge in [-0.3, -0.25) is 4.98 Å². The van der Waals surface area contributed by atoms with E-state index in [0.717, 1.165) is 3.97 Å². The second-order valence-corrected chi connectivity index (χ2v) is 7.95. The Bertz CT molecular complexity index is 1050. The van der Waals surface area contributed by atoms with Gasteiger partial charge in [0.05, 0.1) is 11.8 Å². The third-order valence-electron chi connectivity index (χ3n) is 4.17. The number of hydrogen-bond acceptors (Lipinski definition) is 5. The van der Waals surface area contributed by atoms with Gasteiger partial charge in [0.2, 0.25) is 0 Å². The minimum atomic E-state index is -3.97. The first kappa shape index (κ1) is 19.2. The first-order chi connectivity index (χ1) is 12.9. The van der Waals surface area contributed by atoms with Gasteiger partial charge >= 0.3 is 0 Å². The van der Waals surface area contributed by atoms with E-state index in [-0.39, 0.29) is 21.7 Å². The van der Waals surface area contributed by atoms with Gasteiger partial charge in [0.1, 0.15) is 10.7 Å². The van der Waals surface area contributed by atoms with Crippen molar-refractivity contribution in [1.82, 2.24) is 14.3 Å². The van der Waals surface area contributed by atoms with Crippen molar-refractivity contribution >= 4 is 10.0 Å². The number of halogens is 1. The molecule has 1 atom stereocenters. The fraction of sp³-hybridized carbons (Fsp3) is 0.211. The van der Waals surface area contributed by atoms with Crippen molar-refractivity contribution in [2.24, 2.45) is 0 Å². The van der Waals surface area contributed by atoms with Crippen LogP contribution in [0.3, 0.4) is 0 Å². The molecule has 0 spiro atoms. The molecule has 8 heteroatoms. The van der Waals surface area contributed by atoms with Crippen molar-refractivity contribution in [2.75, 3.05) is 7.05 Å². The first-order valence-corrected chi connectivity index (χ1v) is 9.78. The lowest BCUT2D eigenvalue weighted by Crippen LogP contribution is -2.14. The van der Waals surface area contributed by atoms with Gasteiger partial charge in [-0.25, -0.2) is 16.8 Å². The number of aliphatic hydroxyl groups is 1. The van der Waals surface area contributed by atoms with Crippen molar-refractivity contribution in [3.8, 4) is 11.3 Å². The van der Waals surface area contributed by atoms with Crippen LogP contribution in [0.25, 0.3) is 11.3 Å². The maximum atomic E-state index is 15.0. The summed E-state index contributed by atoms with van der Waals surface area (Å²) in [7, 11) is -2.23. The Morgan fingerprint density at radius 3 is 2.70 bits per heavy atom. The fourth-order valence-electron chi connectivity index (χ4n) is 2.88. The van der Waals surface area contributed by atoms with Crippen LogP contribution in [0.5, 0.6) is 0 Å². The Hall–Kier alpha value is -2.55. The number of rotatable bonds is 6.